The highest BCUT2D eigenvalue weighted by molar-refractivity contribution is 5.82. The smallest absolute Gasteiger partial charge is 0.220 e. The second-order valence-corrected chi connectivity index (χ2v) is 11.5. The molecule has 0 spiro atoms. The van der Waals surface area contributed by atoms with Crippen LogP contribution >= 0.6 is 0 Å². The average molecular weight is 621 g/mol. The molecule has 0 aliphatic carbocycles. The maximum absolute atomic E-state index is 5.35. The number of hydrogen-bond acceptors (Lipinski definition) is 6. The van der Waals surface area contributed by atoms with Gasteiger partial charge in [0, 0.05) is 58.7 Å². The molecule has 0 unspecified atom stereocenters. The maximum atomic E-state index is 5.35. The van der Waals surface area contributed by atoms with Gasteiger partial charge in [0.25, 0.3) is 0 Å². The first-order chi connectivity index (χ1) is 23.8. The molecule has 4 aromatic heterocycles. The Hall–Kier alpha value is -6.80. The quantitative estimate of drug-likeness (QED) is 0.195. The summed E-state index contributed by atoms with van der Waals surface area (Å²) in [6.45, 7) is 0. The zero-order chi connectivity index (χ0) is 31.9. The lowest BCUT2D eigenvalue weighted by atomic mass is 10.1. The van der Waals surface area contributed by atoms with Crippen LogP contribution in [0.5, 0.6) is 0 Å². The Balaban J connectivity index is 1.39. The van der Waals surface area contributed by atoms with E-state index in [0.29, 0.717) is 11.9 Å². The number of pyridine rings is 2. The van der Waals surface area contributed by atoms with Gasteiger partial charge in [-0.15, -0.1) is 0 Å². The molecular weight excluding hydrogens is 592 g/mol. The second-order valence-electron chi connectivity index (χ2n) is 11.5. The van der Waals surface area contributed by atoms with Gasteiger partial charge in [0.2, 0.25) is 11.9 Å². The maximum Gasteiger partial charge on any atom is 0.220 e. The van der Waals surface area contributed by atoms with Crippen LogP contribution in [0.4, 0.5) is 34.6 Å². The first-order valence-electron chi connectivity index (χ1n) is 15.7. The van der Waals surface area contributed by atoms with E-state index in [1.165, 1.54) is 0 Å². The van der Waals surface area contributed by atoms with Crippen molar-refractivity contribution >= 4 is 34.6 Å². The van der Waals surface area contributed by atoms with Crippen molar-refractivity contribution in [1.29, 1.82) is 0 Å². The van der Waals surface area contributed by atoms with Crippen molar-refractivity contribution in [3.05, 3.63) is 171 Å². The van der Waals surface area contributed by atoms with Crippen LogP contribution in [0, 0.1) is 0 Å². The van der Waals surface area contributed by atoms with Crippen LogP contribution in [0.25, 0.3) is 33.9 Å². The first kappa shape index (κ1) is 27.5. The molecule has 4 aromatic carbocycles. The van der Waals surface area contributed by atoms with E-state index in [1.807, 2.05) is 97.6 Å². The summed E-state index contributed by atoms with van der Waals surface area (Å²) in [6.07, 6.45) is 11.6. The molecular formula is C40H28N8. The molecule has 8 aromatic rings. The Bertz CT molecular complexity index is 2180. The highest BCUT2D eigenvalue weighted by atomic mass is 15.3. The van der Waals surface area contributed by atoms with Gasteiger partial charge in [-0.3, -0.25) is 28.9 Å². The molecule has 0 atom stereocenters. The number of aromatic nitrogens is 6. The number of rotatable bonds is 4. The lowest BCUT2D eigenvalue weighted by Gasteiger charge is -2.26. The third kappa shape index (κ3) is 4.80. The number of nitrogens with zero attached hydrogens (tertiary/aromatic N) is 8. The average Bonchev–Trinajstić information content (AvgIpc) is 3.79. The van der Waals surface area contributed by atoms with Gasteiger partial charge in [-0.1, -0.05) is 72.8 Å². The summed E-state index contributed by atoms with van der Waals surface area (Å²) < 4.78 is 4.24. The van der Waals surface area contributed by atoms with Crippen LogP contribution < -0.4 is 9.80 Å². The van der Waals surface area contributed by atoms with E-state index in [9.17, 15) is 0 Å². The minimum Gasteiger partial charge on any atom is -0.285 e. The van der Waals surface area contributed by atoms with Crippen molar-refractivity contribution in [2.75, 3.05) is 9.80 Å². The van der Waals surface area contributed by atoms with E-state index in [-0.39, 0.29) is 0 Å². The number of imidazole rings is 2. The summed E-state index contributed by atoms with van der Waals surface area (Å²) in [7, 11) is 0. The number of para-hydroxylation sites is 4. The molecule has 0 amide bonds. The minimum atomic E-state index is 0.709. The van der Waals surface area contributed by atoms with Gasteiger partial charge in [0.1, 0.15) is 11.4 Å². The Morgan fingerprint density at radius 3 is 1.08 bits per heavy atom. The molecule has 228 valence electrons. The van der Waals surface area contributed by atoms with Crippen LogP contribution in [0.1, 0.15) is 0 Å². The number of benzene rings is 4. The Kier molecular flexibility index (Phi) is 6.61. The standard InChI is InChI=1S/C40H28N8/c1-5-13-31(14-6-1)45-27-37-38-28-46(32-15-7-2-8-16-32)40(44-38)48(34-19-11-4-12-20-34)36-22-30(24-42-26-36)29-21-35(25-41-23-29)47(39(45)43-37)33-17-9-3-10-18-33/h1-28H. The molecule has 1 aliphatic heterocycles. The fourth-order valence-electron chi connectivity index (χ4n) is 6.19. The monoisotopic (exact) mass is 620 g/mol. The molecule has 8 heteroatoms. The molecule has 0 saturated heterocycles. The highest BCUT2D eigenvalue weighted by Gasteiger charge is 2.27. The summed E-state index contributed by atoms with van der Waals surface area (Å²) in [5, 5.41) is 0. The van der Waals surface area contributed by atoms with Gasteiger partial charge in [-0.2, -0.15) is 0 Å². The largest absolute Gasteiger partial charge is 0.285 e. The van der Waals surface area contributed by atoms with Crippen molar-refractivity contribution in [3.63, 3.8) is 0 Å². The van der Waals surface area contributed by atoms with Crippen molar-refractivity contribution in [1.82, 2.24) is 29.1 Å². The van der Waals surface area contributed by atoms with Crippen molar-refractivity contribution < 1.29 is 0 Å². The highest BCUT2D eigenvalue weighted by Crippen LogP contribution is 2.42. The van der Waals surface area contributed by atoms with Crippen molar-refractivity contribution in [2.45, 2.75) is 0 Å². The molecule has 48 heavy (non-hydrogen) atoms. The normalized spacial score (nSPS) is 12.1. The Morgan fingerprint density at radius 1 is 0.354 bits per heavy atom. The molecule has 1 aliphatic rings. The van der Waals surface area contributed by atoms with Gasteiger partial charge >= 0.3 is 0 Å². The van der Waals surface area contributed by atoms with E-state index < -0.39 is 0 Å². The van der Waals surface area contributed by atoms with Gasteiger partial charge in [0.05, 0.1) is 23.8 Å². The zero-order valence-electron chi connectivity index (χ0n) is 25.7. The molecule has 8 bridgehead atoms. The minimum absolute atomic E-state index is 0.709. The predicted molar refractivity (Wildman–Crippen MR) is 190 cm³/mol. The molecule has 5 heterocycles. The van der Waals surface area contributed by atoms with E-state index in [0.717, 1.165) is 56.6 Å². The van der Waals surface area contributed by atoms with Gasteiger partial charge in [-0.05, 0) is 60.7 Å². The molecule has 0 radical (unpaired) electrons. The first-order valence-corrected chi connectivity index (χ1v) is 15.7. The topological polar surface area (TPSA) is 67.9 Å². The fraction of sp³-hybridized carbons (Fsp3) is 0. The summed E-state index contributed by atoms with van der Waals surface area (Å²) in [6, 6.07) is 45.3. The molecule has 9 rings (SSSR count). The predicted octanol–water partition coefficient (Wildman–Crippen LogP) is 9.43. The zero-order valence-corrected chi connectivity index (χ0v) is 25.7. The Morgan fingerprint density at radius 2 is 0.708 bits per heavy atom. The molecule has 0 fully saturated rings. The molecule has 0 N–H and O–H groups in total. The SMILES string of the molecule is c1ccc(N2c3cncc(c3)-c3cncc(c3)N(c3ccccc3)c3nc(cn3-c3ccccc3)-c3cn(-c4ccccc4)c2n3)cc1. The van der Waals surface area contributed by atoms with Crippen molar-refractivity contribution in [3.8, 4) is 33.9 Å². The van der Waals surface area contributed by atoms with Crippen molar-refractivity contribution in [2.24, 2.45) is 0 Å². The summed E-state index contributed by atoms with van der Waals surface area (Å²) in [5.74, 6) is 1.42. The fourth-order valence-corrected chi connectivity index (χ4v) is 6.19. The van der Waals surface area contributed by atoms with Crippen LogP contribution in [0.2, 0.25) is 0 Å². The molecule has 8 nitrogen and oxygen atoms in total. The van der Waals surface area contributed by atoms with E-state index in [2.05, 4.69) is 92.0 Å². The lowest BCUT2D eigenvalue weighted by Crippen LogP contribution is -2.16. The van der Waals surface area contributed by atoms with Crippen LogP contribution in [-0.2, 0) is 0 Å². The summed E-state index contributed by atoms with van der Waals surface area (Å²) >= 11 is 0. The van der Waals surface area contributed by atoms with Gasteiger partial charge < -0.3 is 0 Å². The van der Waals surface area contributed by atoms with Gasteiger partial charge in [0.15, 0.2) is 0 Å². The Labute approximate surface area is 277 Å². The van der Waals surface area contributed by atoms with E-state index >= 15 is 0 Å². The van der Waals surface area contributed by atoms with Crippen LogP contribution in [-0.4, -0.2) is 29.1 Å². The lowest BCUT2D eigenvalue weighted by molar-refractivity contribution is 1.01. The third-order valence-corrected chi connectivity index (χ3v) is 8.43. The number of hydrogen-bond donors (Lipinski definition) is 0. The number of fused-ring (bicyclic) bond motifs is 10. The third-order valence-electron chi connectivity index (χ3n) is 8.43. The second kappa shape index (κ2) is 11.5. The summed E-state index contributed by atoms with van der Waals surface area (Å²) in [5.41, 5.74) is 8.91. The number of anilines is 6. The molecule has 0 saturated carbocycles. The van der Waals surface area contributed by atoms with Gasteiger partial charge in [-0.25, -0.2) is 9.97 Å². The van der Waals surface area contributed by atoms with Crippen LogP contribution in [0.3, 0.4) is 0 Å². The summed E-state index contributed by atoms with van der Waals surface area (Å²) in [4.78, 5) is 24.5. The van der Waals surface area contributed by atoms with E-state index in [1.54, 1.807) is 0 Å². The van der Waals surface area contributed by atoms with E-state index in [4.69, 9.17) is 19.9 Å². The van der Waals surface area contributed by atoms with Crippen LogP contribution in [0.15, 0.2) is 171 Å².